The van der Waals surface area contributed by atoms with Crippen LogP contribution in [-0.2, 0) is 6.54 Å². The molecule has 0 aliphatic heterocycles. The molecule has 2 aromatic heterocycles. The summed E-state index contributed by atoms with van der Waals surface area (Å²) in [6.45, 7) is 4.90. The van der Waals surface area contributed by atoms with Gasteiger partial charge in [-0.15, -0.1) is 0 Å². The highest BCUT2D eigenvalue weighted by Gasteiger charge is 2.11. The van der Waals surface area contributed by atoms with Crippen LogP contribution in [-0.4, -0.2) is 20.6 Å². The van der Waals surface area contributed by atoms with E-state index < -0.39 is 6.03 Å². The first kappa shape index (κ1) is 23.6. The number of nitrogens with zero attached hydrogens (tertiary/aromatic N) is 3. The summed E-state index contributed by atoms with van der Waals surface area (Å²) in [6, 6.07) is 16.6. The van der Waals surface area contributed by atoms with Gasteiger partial charge < -0.3 is 5.32 Å². The smallest absolute Gasteiger partial charge is 0.308 e. The van der Waals surface area contributed by atoms with Crippen LogP contribution in [0.1, 0.15) is 20.3 Å². The summed E-state index contributed by atoms with van der Waals surface area (Å²) in [6.07, 6.45) is 2.53. The predicted octanol–water partition coefficient (Wildman–Crippen LogP) is 6.50. The quantitative estimate of drug-likeness (QED) is 0.278. The second kappa shape index (κ2) is 9.87. The van der Waals surface area contributed by atoms with E-state index in [0.717, 1.165) is 27.8 Å². The lowest BCUT2D eigenvalue weighted by Crippen LogP contribution is -2.21. The summed E-state index contributed by atoms with van der Waals surface area (Å²) in [5.74, 6) is 0.125. The third-order valence-electron chi connectivity index (χ3n) is 5.81. The minimum Gasteiger partial charge on any atom is -0.308 e. The molecule has 5 rings (SSSR count). The van der Waals surface area contributed by atoms with E-state index in [0.29, 0.717) is 34.2 Å². The average Bonchev–Trinajstić information content (AvgIpc) is 3.26. The summed E-state index contributed by atoms with van der Waals surface area (Å²) in [5.41, 5.74) is 3.63. The molecule has 2 N–H and O–H groups in total. The van der Waals surface area contributed by atoms with E-state index in [2.05, 4.69) is 34.4 Å². The Hall–Kier alpha value is -4.11. The molecular weight excluding hydrogens is 477 g/mol. The van der Waals surface area contributed by atoms with Gasteiger partial charge in [-0.05, 0) is 72.0 Å². The number of benzene rings is 3. The van der Waals surface area contributed by atoms with Crippen LogP contribution >= 0.6 is 11.3 Å². The third kappa shape index (κ3) is 5.11. The molecule has 3 aromatic carbocycles. The number of aryl methyl sites for hydroxylation is 1. The van der Waals surface area contributed by atoms with Gasteiger partial charge in [0.05, 0.1) is 27.4 Å². The number of carbonyl (C=O) groups is 1. The van der Waals surface area contributed by atoms with Crippen molar-refractivity contribution in [2.24, 2.45) is 5.92 Å². The zero-order chi connectivity index (χ0) is 25.2. The van der Waals surface area contributed by atoms with Crippen LogP contribution in [0, 0.1) is 11.7 Å². The normalized spacial score (nSPS) is 11.3. The van der Waals surface area contributed by atoms with Crippen LogP contribution in [0.2, 0.25) is 0 Å². The molecule has 36 heavy (non-hydrogen) atoms. The number of urea groups is 1. The maximum Gasteiger partial charge on any atom is 0.325 e. The summed E-state index contributed by atoms with van der Waals surface area (Å²) in [7, 11) is 0. The van der Waals surface area contributed by atoms with Crippen molar-refractivity contribution in [2.45, 2.75) is 26.8 Å². The summed E-state index contributed by atoms with van der Waals surface area (Å²) < 4.78 is 15.6. The molecule has 0 bridgehead atoms. The van der Waals surface area contributed by atoms with Gasteiger partial charge in [0.15, 0.2) is 5.13 Å². The van der Waals surface area contributed by atoms with Gasteiger partial charge in [0.2, 0.25) is 0 Å². The van der Waals surface area contributed by atoms with Gasteiger partial charge in [0.1, 0.15) is 5.82 Å². The van der Waals surface area contributed by atoms with E-state index in [-0.39, 0.29) is 11.4 Å². The third-order valence-corrected chi connectivity index (χ3v) is 6.77. The van der Waals surface area contributed by atoms with Crippen molar-refractivity contribution in [1.29, 1.82) is 0 Å². The Morgan fingerprint density at radius 1 is 1.00 bits per heavy atom. The first-order chi connectivity index (χ1) is 17.4. The van der Waals surface area contributed by atoms with Crippen LogP contribution in [0.25, 0.3) is 32.2 Å². The van der Waals surface area contributed by atoms with Crippen LogP contribution in [0.4, 0.5) is 20.0 Å². The minimum atomic E-state index is -0.461. The fraction of sp³-hybridized carbons (Fsp3) is 0.185. The first-order valence-electron chi connectivity index (χ1n) is 11.6. The Kier molecular flexibility index (Phi) is 6.47. The average molecular weight is 502 g/mol. The highest BCUT2D eigenvalue weighted by atomic mass is 32.1. The van der Waals surface area contributed by atoms with Gasteiger partial charge >= 0.3 is 6.03 Å². The SMILES string of the molecule is CC(C)CCn1cnc2ccc(-c3ccc4sc(NC(=O)Nc5ccc(F)cc5)nc4c3)cc2c1=O. The van der Waals surface area contributed by atoms with Crippen molar-refractivity contribution in [2.75, 3.05) is 10.6 Å². The summed E-state index contributed by atoms with van der Waals surface area (Å²) >= 11 is 1.35. The monoisotopic (exact) mass is 501 g/mol. The topological polar surface area (TPSA) is 88.9 Å². The molecular formula is C27H24FN5O2S. The number of rotatable bonds is 6. The predicted molar refractivity (Wildman–Crippen MR) is 143 cm³/mol. The molecule has 0 aliphatic carbocycles. The van der Waals surface area contributed by atoms with E-state index in [1.165, 1.54) is 35.6 Å². The van der Waals surface area contributed by atoms with E-state index in [1.54, 1.807) is 10.9 Å². The molecule has 9 heteroatoms. The molecule has 0 aliphatic rings. The first-order valence-corrected chi connectivity index (χ1v) is 12.4. The molecule has 7 nitrogen and oxygen atoms in total. The molecule has 2 amide bonds. The molecule has 0 fully saturated rings. The van der Waals surface area contributed by atoms with Crippen molar-refractivity contribution >= 4 is 49.3 Å². The van der Waals surface area contributed by atoms with Crippen molar-refractivity contribution in [3.8, 4) is 11.1 Å². The van der Waals surface area contributed by atoms with Crippen LogP contribution in [0.5, 0.6) is 0 Å². The number of aromatic nitrogens is 3. The molecule has 0 saturated heterocycles. The summed E-state index contributed by atoms with van der Waals surface area (Å²) in [5, 5.41) is 6.40. The molecule has 0 atom stereocenters. The largest absolute Gasteiger partial charge is 0.325 e. The maximum absolute atomic E-state index is 13.1. The van der Waals surface area contributed by atoms with Crippen molar-refractivity contribution < 1.29 is 9.18 Å². The van der Waals surface area contributed by atoms with Crippen molar-refractivity contribution in [3.05, 3.63) is 83.2 Å². The number of amides is 2. The van der Waals surface area contributed by atoms with Crippen LogP contribution in [0.15, 0.2) is 71.8 Å². The van der Waals surface area contributed by atoms with Crippen LogP contribution in [0.3, 0.4) is 0 Å². The standard InChI is InChI=1S/C27H24FN5O2S/c1-16(2)11-12-33-15-29-22-9-3-17(13-21(22)25(33)34)18-4-10-24-23(14-18)31-27(36-24)32-26(35)30-20-7-5-19(28)6-8-20/h3-10,13-16H,11-12H2,1-2H3,(H2,30,31,32,35). The Bertz CT molecular complexity index is 1630. The highest BCUT2D eigenvalue weighted by Crippen LogP contribution is 2.31. The fourth-order valence-electron chi connectivity index (χ4n) is 3.85. The van der Waals surface area contributed by atoms with Gasteiger partial charge in [0, 0.05) is 12.2 Å². The van der Waals surface area contributed by atoms with Crippen molar-refractivity contribution in [3.63, 3.8) is 0 Å². The van der Waals surface area contributed by atoms with E-state index in [1.807, 2.05) is 36.4 Å². The van der Waals surface area contributed by atoms with Crippen LogP contribution < -0.4 is 16.2 Å². The molecule has 0 spiro atoms. The van der Waals surface area contributed by atoms with Gasteiger partial charge in [0.25, 0.3) is 5.56 Å². The lowest BCUT2D eigenvalue weighted by atomic mass is 10.0. The Labute approximate surface area is 210 Å². The Morgan fingerprint density at radius 2 is 1.75 bits per heavy atom. The molecule has 0 unspecified atom stereocenters. The van der Waals surface area contributed by atoms with Crippen molar-refractivity contribution in [1.82, 2.24) is 14.5 Å². The second-order valence-electron chi connectivity index (χ2n) is 8.95. The Balaban J connectivity index is 1.38. The number of thiazole rings is 1. The fourth-order valence-corrected chi connectivity index (χ4v) is 4.69. The number of fused-ring (bicyclic) bond motifs is 2. The zero-order valence-corrected chi connectivity index (χ0v) is 20.6. The number of anilines is 2. The van der Waals surface area contributed by atoms with Gasteiger partial charge in [-0.2, -0.15) is 0 Å². The van der Waals surface area contributed by atoms with E-state index in [4.69, 9.17) is 0 Å². The van der Waals surface area contributed by atoms with E-state index in [9.17, 15) is 14.0 Å². The Morgan fingerprint density at radius 3 is 2.53 bits per heavy atom. The minimum absolute atomic E-state index is 0.0455. The highest BCUT2D eigenvalue weighted by molar-refractivity contribution is 7.22. The summed E-state index contributed by atoms with van der Waals surface area (Å²) in [4.78, 5) is 34.3. The zero-order valence-electron chi connectivity index (χ0n) is 19.8. The molecule has 5 aromatic rings. The number of hydrogen-bond donors (Lipinski definition) is 2. The molecule has 2 heterocycles. The molecule has 0 radical (unpaired) electrons. The van der Waals surface area contributed by atoms with Gasteiger partial charge in [-0.25, -0.2) is 19.2 Å². The maximum atomic E-state index is 13.1. The van der Waals surface area contributed by atoms with Gasteiger partial charge in [-0.1, -0.05) is 37.3 Å². The lowest BCUT2D eigenvalue weighted by Gasteiger charge is -2.09. The number of carbonyl (C=O) groups excluding carboxylic acids is 1. The number of nitrogens with one attached hydrogen (secondary N) is 2. The molecule has 182 valence electrons. The number of halogens is 1. The van der Waals surface area contributed by atoms with Gasteiger partial charge in [-0.3, -0.25) is 14.7 Å². The number of hydrogen-bond acceptors (Lipinski definition) is 5. The lowest BCUT2D eigenvalue weighted by molar-refractivity contribution is 0.262. The second-order valence-corrected chi connectivity index (χ2v) is 9.98. The molecule has 0 saturated carbocycles. The van der Waals surface area contributed by atoms with E-state index >= 15 is 0 Å².